The van der Waals surface area contributed by atoms with Crippen LogP contribution in [0, 0.1) is 6.92 Å². The van der Waals surface area contributed by atoms with Crippen LogP contribution in [0.5, 0.6) is 0 Å². The van der Waals surface area contributed by atoms with Gasteiger partial charge in [0.2, 0.25) is 0 Å². The maximum atomic E-state index is 11.4. The minimum atomic E-state index is -0.238. The Morgan fingerprint density at radius 3 is 2.74 bits per heavy atom. The first-order valence-electron chi connectivity index (χ1n) is 5.87. The van der Waals surface area contributed by atoms with Crippen molar-refractivity contribution in [3.63, 3.8) is 0 Å². The molecule has 2 rings (SSSR count). The molecule has 0 fully saturated rings. The number of aryl methyl sites for hydroxylation is 1. The van der Waals surface area contributed by atoms with Gasteiger partial charge in [0.05, 0.1) is 0 Å². The summed E-state index contributed by atoms with van der Waals surface area (Å²) in [5, 5.41) is 8.40. The predicted molar refractivity (Wildman–Crippen MR) is 79.5 cm³/mol. The predicted octanol–water partition coefficient (Wildman–Crippen LogP) is 3.43. The molecule has 1 aromatic heterocycles. The number of thiazole rings is 1. The topological polar surface area (TPSA) is 54.0 Å². The van der Waals surface area contributed by atoms with Crippen molar-refractivity contribution >= 4 is 23.1 Å². The van der Waals surface area contributed by atoms with E-state index >= 15 is 0 Å². The second-order valence-electron chi connectivity index (χ2n) is 4.00. The van der Waals surface area contributed by atoms with Crippen molar-refractivity contribution < 1.29 is 4.79 Å². The van der Waals surface area contributed by atoms with E-state index in [9.17, 15) is 4.79 Å². The van der Waals surface area contributed by atoms with E-state index in [0.29, 0.717) is 6.54 Å². The zero-order valence-electron chi connectivity index (χ0n) is 10.6. The van der Waals surface area contributed by atoms with E-state index in [4.69, 9.17) is 0 Å². The van der Waals surface area contributed by atoms with Crippen LogP contribution in [-0.4, -0.2) is 17.6 Å². The monoisotopic (exact) mass is 273 g/mol. The molecule has 5 heteroatoms. The molecule has 2 N–H and O–H groups in total. The van der Waals surface area contributed by atoms with Gasteiger partial charge in [-0.25, -0.2) is 9.78 Å². The second kappa shape index (κ2) is 6.15. The molecular formula is C14H15N3OS. The lowest BCUT2D eigenvalue weighted by atomic mass is 10.2. The highest BCUT2D eigenvalue weighted by atomic mass is 32.1. The first-order chi connectivity index (χ1) is 9.19. The standard InChI is InChI=1S/C14H15N3OS/c1-3-8-15-14(18)17-12-6-4-11(5-7-12)13-16-10(2)9-19-13/h3-7,9H,1,8H2,2H3,(H2,15,17,18). The first-order valence-corrected chi connectivity index (χ1v) is 6.75. The van der Waals surface area contributed by atoms with Gasteiger partial charge in [0.25, 0.3) is 0 Å². The third-order valence-electron chi connectivity index (χ3n) is 2.42. The maximum Gasteiger partial charge on any atom is 0.319 e. The molecule has 4 nitrogen and oxygen atoms in total. The van der Waals surface area contributed by atoms with E-state index in [1.54, 1.807) is 17.4 Å². The van der Waals surface area contributed by atoms with Crippen LogP contribution < -0.4 is 10.6 Å². The smallest absolute Gasteiger partial charge is 0.319 e. The Morgan fingerprint density at radius 1 is 1.42 bits per heavy atom. The molecule has 0 unspecified atom stereocenters. The number of anilines is 1. The zero-order valence-corrected chi connectivity index (χ0v) is 11.5. The normalized spacial score (nSPS) is 9.95. The van der Waals surface area contributed by atoms with Crippen LogP contribution >= 0.6 is 11.3 Å². The Morgan fingerprint density at radius 2 is 2.16 bits per heavy atom. The quantitative estimate of drug-likeness (QED) is 0.839. The molecule has 0 radical (unpaired) electrons. The van der Waals surface area contributed by atoms with E-state index in [2.05, 4.69) is 22.2 Å². The van der Waals surface area contributed by atoms with Gasteiger partial charge < -0.3 is 10.6 Å². The number of nitrogens with one attached hydrogen (secondary N) is 2. The van der Waals surface area contributed by atoms with Gasteiger partial charge >= 0.3 is 6.03 Å². The van der Waals surface area contributed by atoms with Crippen LogP contribution in [0.1, 0.15) is 5.69 Å². The Hall–Kier alpha value is -2.14. The van der Waals surface area contributed by atoms with Gasteiger partial charge in [-0.1, -0.05) is 6.08 Å². The molecule has 2 aromatic rings. The minimum Gasteiger partial charge on any atom is -0.334 e. The molecule has 0 aliphatic carbocycles. The van der Waals surface area contributed by atoms with Crippen LogP contribution in [-0.2, 0) is 0 Å². The van der Waals surface area contributed by atoms with E-state index < -0.39 is 0 Å². The molecule has 0 aliphatic rings. The summed E-state index contributed by atoms with van der Waals surface area (Å²) in [6, 6.07) is 7.37. The Labute approximate surface area is 116 Å². The molecular weight excluding hydrogens is 258 g/mol. The highest BCUT2D eigenvalue weighted by Crippen LogP contribution is 2.24. The summed E-state index contributed by atoms with van der Waals surface area (Å²) in [5.74, 6) is 0. The Bertz CT molecular complexity index is 575. The minimum absolute atomic E-state index is 0.238. The molecule has 19 heavy (non-hydrogen) atoms. The van der Waals surface area contributed by atoms with E-state index in [-0.39, 0.29) is 6.03 Å². The fraction of sp³-hybridized carbons (Fsp3) is 0.143. The van der Waals surface area contributed by atoms with Gasteiger partial charge in [-0.15, -0.1) is 17.9 Å². The van der Waals surface area contributed by atoms with Gasteiger partial charge in [-0.05, 0) is 31.2 Å². The van der Waals surface area contributed by atoms with Crippen LogP contribution in [0.2, 0.25) is 0 Å². The molecule has 0 bridgehead atoms. The molecule has 1 aromatic carbocycles. The molecule has 2 amide bonds. The lowest BCUT2D eigenvalue weighted by molar-refractivity contribution is 0.253. The number of amides is 2. The summed E-state index contributed by atoms with van der Waals surface area (Å²) < 4.78 is 0. The molecule has 0 spiro atoms. The largest absolute Gasteiger partial charge is 0.334 e. The van der Waals surface area contributed by atoms with E-state index in [1.165, 1.54) is 0 Å². The summed E-state index contributed by atoms with van der Waals surface area (Å²) in [6.07, 6.45) is 1.63. The summed E-state index contributed by atoms with van der Waals surface area (Å²) in [7, 11) is 0. The van der Waals surface area contributed by atoms with Gasteiger partial charge in [-0.3, -0.25) is 0 Å². The highest BCUT2D eigenvalue weighted by molar-refractivity contribution is 7.13. The van der Waals surface area contributed by atoms with Crippen LogP contribution in [0.25, 0.3) is 10.6 Å². The van der Waals surface area contributed by atoms with Crippen molar-refractivity contribution in [1.82, 2.24) is 10.3 Å². The summed E-state index contributed by atoms with van der Waals surface area (Å²) in [6.45, 7) is 5.96. The van der Waals surface area contributed by atoms with Crippen molar-refractivity contribution in [1.29, 1.82) is 0 Å². The molecule has 0 atom stereocenters. The third-order valence-corrected chi connectivity index (χ3v) is 3.42. The van der Waals surface area contributed by atoms with E-state index in [1.807, 2.05) is 36.6 Å². The molecule has 1 heterocycles. The number of hydrogen-bond acceptors (Lipinski definition) is 3. The fourth-order valence-corrected chi connectivity index (χ4v) is 2.33. The number of rotatable bonds is 4. The number of carbonyl (C=O) groups excluding carboxylic acids is 1. The highest BCUT2D eigenvalue weighted by Gasteiger charge is 2.04. The van der Waals surface area contributed by atoms with Crippen molar-refractivity contribution in [3.05, 3.63) is 48.0 Å². The van der Waals surface area contributed by atoms with Crippen molar-refractivity contribution in [2.75, 3.05) is 11.9 Å². The average Bonchev–Trinajstić information content (AvgIpc) is 2.84. The fourth-order valence-electron chi connectivity index (χ4n) is 1.52. The second-order valence-corrected chi connectivity index (χ2v) is 4.85. The summed E-state index contributed by atoms with van der Waals surface area (Å²) in [4.78, 5) is 15.9. The third kappa shape index (κ3) is 3.66. The zero-order chi connectivity index (χ0) is 13.7. The van der Waals surface area contributed by atoms with Gasteiger partial charge in [0.1, 0.15) is 5.01 Å². The van der Waals surface area contributed by atoms with E-state index in [0.717, 1.165) is 22.0 Å². The number of carbonyl (C=O) groups is 1. The summed E-state index contributed by atoms with van der Waals surface area (Å²) >= 11 is 1.61. The van der Waals surface area contributed by atoms with Crippen LogP contribution in [0.4, 0.5) is 10.5 Å². The maximum absolute atomic E-state index is 11.4. The molecule has 0 saturated heterocycles. The van der Waals surface area contributed by atoms with Crippen molar-refractivity contribution in [2.24, 2.45) is 0 Å². The SMILES string of the molecule is C=CCNC(=O)Nc1ccc(-c2nc(C)cs2)cc1. The number of nitrogens with zero attached hydrogens (tertiary/aromatic N) is 1. The lowest BCUT2D eigenvalue weighted by Crippen LogP contribution is -2.28. The molecule has 98 valence electrons. The summed E-state index contributed by atoms with van der Waals surface area (Å²) in [5.41, 5.74) is 2.82. The lowest BCUT2D eigenvalue weighted by Gasteiger charge is -2.06. The number of hydrogen-bond donors (Lipinski definition) is 2. The Kier molecular flexibility index (Phi) is 4.30. The van der Waals surface area contributed by atoms with Crippen molar-refractivity contribution in [2.45, 2.75) is 6.92 Å². The number of benzene rings is 1. The number of aromatic nitrogens is 1. The van der Waals surface area contributed by atoms with Crippen LogP contribution in [0.15, 0.2) is 42.3 Å². The molecule has 0 saturated carbocycles. The van der Waals surface area contributed by atoms with Gasteiger partial charge in [0, 0.05) is 28.9 Å². The van der Waals surface area contributed by atoms with Crippen LogP contribution in [0.3, 0.4) is 0 Å². The van der Waals surface area contributed by atoms with Crippen molar-refractivity contribution in [3.8, 4) is 10.6 Å². The molecule has 0 aliphatic heterocycles. The first kappa shape index (κ1) is 13.3. The van der Waals surface area contributed by atoms with Gasteiger partial charge in [0.15, 0.2) is 0 Å². The Balaban J connectivity index is 2.02. The number of urea groups is 1. The van der Waals surface area contributed by atoms with Gasteiger partial charge in [-0.2, -0.15) is 0 Å². The average molecular weight is 273 g/mol.